The number of hydrogen-bond donors (Lipinski definition) is 1. The largest absolute Gasteiger partial charge is 0.371 e. The maximum Gasteiger partial charge on any atom is 0.0759 e. The van der Waals surface area contributed by atoms with Crippen LogP contribution in [-0.2, 0) is 4.74 Å². The lowest BCUT2D eigenvalue weighted by molar-refractivity contribution is 0.00145. The normalized spacial score (nSPS) is 24.6. The van der Waals surface area contributed by atoms with E-state index in [9.17, 15) is 0 Å². The average Bonchev–Trinajstić information content (AvgIpc) is 2.19. The lowest BCUT2D eigenvalue weighted by Crippen LogP contribution is -2.23. The third-order valence-corrected chi connectivity index (χ3v) is 2.52. The molecule has 1 aliphatic rings. The van der Waals surface area contributed by atoms with Gasteiger partial charge in [0, 0.05) is 0 Å². The Balaban J connectivity index is 2.27. The molecular formula is C11H21NO. The second-order valence-electron chi connectivity index (χ2n) is 3.64. The van der Waals surface area contributed by atoms with Crippen LogP contribution in [0.25, 0.3) is 0 Å². The van der Waals surface area contributed by atoms with Crippen LogP contribution >= 0.6 is 0 Å². The van der Waals surface area contributed by atoms with E-state index in [0.717, 1.165) is 19.4 Å². The van der Waals surface area contributed by atoms with Gasteiger partial charge in [-0.25, -0.2) is 0 Å². The van der Waals surface area contributed by atoms with Crippen molar-refractivity contribution >= 4 is 0 Å². The third kappa shape index (κ3) is 3.92. The quantitative estimate of drug-likeness (QED) is 0.663. The van der Waals surface area contributed by atoms with Crippen molar-refractivity contribution in [3.05, 3.63) is 12.2 Å². The van der Waals surface area contributed by atoms with Crippen LogP contribution in [0.3, 0.4) is 0 Å². The van der Waals surface area contributed by atoms with E-state index in [-0.39, 0.29) is 0 Å². The Hall–Kier alpha value is -0.340. The molecule has 2 unspecified atom stereocenters. The predicted molar refractivity (Wildman–Crippen MR) is 55.6 cm³/mol. The van der Waals surface area contributed by atoms with E-state index >= 15 is 0 Å². The minimum absolute atomic E-state index is 0.352. The summed E-state index contributed by atoms with van der Waals surface area (Å²) >= 11 is 0. The number of rotatable bonds is 5. The molecular weight excluding hydrogens is 162 g/mol. The van der Waals surface area contributed by atoms with E-state index < -0.39 is 0 Å². The van der Waals surface area contributed by atoms with Gasteiger partial charge >= 0.3 is 0 Å². The van der Waals surface area contributed by atoms with E-state index in [4.69, 9.17) is 10.5 Å². The SMILES string of the molecule is CCC(CCN)OC1C=CCCC1. The summed E-state index contributed by atoms with van der Waals surface area (Å²) < 4.78 is 5.91. The Bertz CT molecular complexity index is 156. The smallest absolute Gasteiger partial charge is 0.0759 e. The van der Waals surface area contributed by atoms with Crippen LogP contribution in [0, 0.1) is 0 Å². The van der Waals surface area contributed by atoms with Crippen molar-refractivity contribution in [3.63, 3.8) is 0 Å². The highest BCUT2D eigenvalue weighted by Gasteiger charge is 2.13. The summed E-state index contributed by atoms with van der Waals surface area (Å²) in [6, 6.07) is 0. The molecule has 13 heavy (non-hydrogen) atoms. The Kier molecular flexibility index (Phi) is 5.09. The topological polar surface area (TPSA) is 35.2 Å². The maximum absolute atomic E-state index is 5.91. The molecule has 1 aliphatic carbocycles. The molecule has 0 aromatic rings. The molecule has 0 amide bonds. The van der Waals surface area contributed by atoms with E-state index in [2.05, 4.69) is 19.1 Å². The molecule has 0 heterocycles. The van der Waals surface area contributed by atoms with E-state index in [1.54, 1.807) is 0 Å². The molecule has 0 fully saturated rings. The van der Waals surface area contributed by atoms with Gasteiger partial charge in [-0.05, 0) is 38.6 Å². The summed E-state index contributed by atoms with van der Waals surface area (Å²) in [6.45, 7) is 2.89. The molecule has 0 aromatic heterocycles. The number of ether oxygens (including phenoxy) is 1. The van der Waals surface area contributed by atoms with Crippen molar-refractivity contribution in [1.29, 1.82) is 0 Å². The van der Waals surface area contributed by atoms with E-state index in [0.29, 0.717) is 12.2 Å². The van der Waals surface area contributed by atoms with Gasteiger partial charge in [-0.2, -0.15) is 0 Å². The van der Waals surface area contributed by atoms with Crippen molar-refractivity contribution in [1.82, 2.24) is 0 Å². The first-order valence-electron chi connectivity index (χ1n) is 5.39. The zero-order chi connectivity index (χ0) is 9.52. The molecule has 0 radical (unpaired) electrons. The molecule has 0 aliphatic heterocycles. The molecule has 0 saturated heterocycles. The average molecular weight is 183 g/mol. The second-order valence-corrected chi connectivity index (χ2v) is 3.64. The molecule has 2 nitrogen and oxygen atoms in total. The Morgan fingerprint density at radius 1 is 1.62 bits per heavy atom. The monoisotopic (exact) mass is 183 g/mol. The van der Waals surface area contributed by atoms with Gasteiger partial charge in [-0.15, -0.1) is 0 Å². The second kappa shape index (κ2) is 6.17. The molecule has 76 valence electrons. The summed E-state index contributed by atoms with van der Waals surface area (Å²) in [6.07, 6.45) is 10.8. The summed E-state index contributed by atoms with van der Waals surface area (Å²) in [7, 11) is 0. The summed E-state index contributed by atoms with van der Waals surface area (Å²) in [5.41, 5.74) is 5.51. The maximum atomic E-state index is 5.91. The number of allylic oxidation sites excluding steroid dienone is 1. The van der Waals surface area contributed by atoms with Crippen molar-refractivity contribution in [3.8, 4) is 0 Å². The van der Waals surface area contributed by atoms with Crippen LogP contribution in [0.2, 0.25) is 0 Å². The minimum Gasteiger partial charge on any atom is -0.371 e. The van der Waals surface area contributed by atoms with Gasteiger partial charge in [0.25, 0.3) is 0 Å². The Morgan fingerprint density at radius 3 is 3.00 bits per heavy atom. The zero-order valence-corrected chi connectivity index (χ0v) is 8.54. The van der Waals surface area contributed by atoms with Crippen LogP contribution in [0.5, 0.6) is 0 Å². The first-order valence-corrected chi connectivity index (χ1v) is 5.39. The van der Waals surface area contributed by atoms with Gasteiger partial charge in [-0.1, -0.05) is 19.1 Å². The van der Waals surface area contributed by atoms with Gasteiger partial charge in [0.2, 0.25) is 0 Å². The lowest BCUT2D eigenvalue weighted by atomic mass is 10.0. The Labute approximate surface area is 81.1 Å². The van der Waals surface area contributed by atoms with E-state index in [1.165, 1.54) is 19.3 Å². The summed E-state index contributed by atoms with van der Waals surface area (Å²) in [5, 5.41) is 0. The minimum atomic E-state index is 0.352. The summed E-state index contributed by atoms with van der Waals surface area (Å²) in [4.78, 5) is 0. The number of hydrogen-bond acceptors (Lipinski definition) is 2. The van der Waals surface area contributed by atoms with Crippen LogP contribution in [0.1, 0.15) is 39.0 Å². The highest BCUT2D eigenvalue weighted by atomic mass is 16.5. The zero-order valence-electron chi connectivity index (χ0n) is 8.54. The first-order chi connectivity index (χ1) is 6.36. The van der Waals surface area contributed by atoms with Gasteiger partial charge in [0.1, 0.15) is 0 Å². The molecule has 0 saturated carbocycles. The first kappa shape index (κ1) is 10.7. The highest BCUT2D eigenvalue weighted by molar-refractivity contribution is 4.94. The molecule has 2 N–H and O–H groups in total. The Morgan fingerprint density at radius 2 is 2.46 bits per heavy atom. The van der Waals surface area contributed by atoms with Crippen molar-refractivity contribution in [2.24, 2.45) is 5.73 Å². The van der Waals surface area contributed by atoms with Crippen LogP contribution in [0.4, 0.5) is 0 Å². The molecule has 2 heteroatoms. The van der Waals surface area contributed by atoms with Gasteiger partial charge in [0.05, 0.1) is 12.2 Å². The lowest BCUT2D eigenvalue weighted by Gasteiger charge is -2.23. The molecule has 2 atom stereocenters. The predicted octanol–water partition coefficient (Wildman–Crippen LogP) is 2.24. The fraction of sp³-hybridized carbons (Fsp3) is 0.818. The van der Waals surface area contributed by atoms with Crippen molar-refractivity contribution < 1.29 is 4.74 Å². The molecule has 1 rings (SSSR count). The van der Waals surface area contributed by atoms with E-state index in [1.807, 2.05) is 0 Å². The molecule has 0 bridgehead atoms. The van der Waals surface area contributed by atoms with Crippen LogP contribution in [0.15, 0.2) is 12.2 Å². The summed E-state index contributed by atoms with van der Waals surface area (Å²) in [5.74, 6) is 0. The van der Waals surface area contributed by atoms with Crippen molar-refractivity contribution in [2.45, 2.75) is 51.2 Å². The van der Waals surface area contributed by atoms with Gasteiger partial charge < -0.3 is 10.5 Å². The molecule has 0 spiro atoms. The number of nitrogens with two attached hydrogens (primary N) is 1. The van der Waals surface area contributed by atoms with Crippen LogP contribution < -0.4 is 5.73 Å². The van der Waals surface area contributed by atoms with Gasteiger partial charge in [0.15, 0.2) is 0 Å². The fourth-order valence-corrected chi connectivity index (χ4v) is 1.70. The molecule has 0 aromatic carbocycles. The highest BCUT2D eigenvalue weighted by Crippen LogP contribution is 2.17. The van der Waals surface area contributed by atoms with Crippen molar-refractivity contribution in [2.75, 3.05) is 6.54 Å². The standard InChI is InChI=1S/C11H21NO/c1-2-10(8-9-12)13-11-6-4-3-5-7-11/h4,6,10-11H,2-3,5,7-9,12H2,1H3. The van der Waals surface area contributed by atoms with Crippen LogP contribution in [-0.4, -0.2) is 18.8 Å². The van der Waals surface area contributed by atoms with Gasteiger partial charge in [-0.3, -0.25) is 0 Å². The fourth-order valence-electron chi connectivity index (χ4n) is 1.70. The third-order valence-electron chi connectivity index (χ3n) is 2.52.